The predicted molar refractivity (Wildman–Crippen MR) is 203 cm³/mol. The smallest absolute Gasteiger partial charge is 0.0535 e. The molecule has 7 aromatic rings. The number of benzene rings is 7. The van der Waals surface area contributed by atoms with Gasteiger partial charge < -0.3 is 0 Å². The second-order valence-electron chi connectivity index (χ2n) is 11.7. The van der Waals surface area contributed by atoms with E-state index in [1.165, 1.54) is 54.0 Å². The lowest BCUT2D eigenvalue weighted by Crippen LogP contribution is -2.40. The van der Waals surface area contributed by atoms with Gasteiger partial charge in [0.2, 0.25) is 0 Å². The minimum atomic E-state index is -0.909. The second kappa shape index (κ2) is 12.7. The molecule has 0 bridgehead atoms. The molecule has 0 aromatic heterocycles. The number of fused-ring (bicyclic) bond motifs is 2. The van der Waals surface area contributed by atoms with E-state index < -0.39 is 15.8 Å². The largest absolute Gasteiger partial charge is 0.0823 e. The fourth-order valence-corrected chi connectivity index (χ4v) is 13.2. The van der Waals surface area contributed by atoms with E-state index in [2.05, 4.69) is 194 Å². The number of hydrogen-bond acceptors (Lipinski definition) is 0. The number of allylic oxidation sites excluding steroid dienone is 1. The Hall–Kier alpha value is -4.60. The van der Waals surface area contributed by atoms with Gasteiger partial charge in [0.05, 0.1) is 5.16 Å². The molecule has 1 aliphatic carbocycles. The first-order valence-electron chi connectivity index (χ1n) is 15.9. The van der Waals surface area contributed by atoms with E-state index in [0.29, 0.717) is 0 Å². The Kier molecular flexibility index (Phi) is 7.93. The monoisotopic (exact) mass is 624 g/mol. The quantitative estimate of drug-likeness (QED) is 0.155. The summed E-state index contributed by atoms with van der Waals surface area (Å²) in [4.78, 5) is 0. The van der Waals surface area contributed by atoms with E-state index in [1.54, 1.807) is 0 Å². The van der Waals surface area contributed by atoms with Gasteiger partial charge in [-0.25, -0.2) is 0 Å². The van der Waals surface area contributed by atoms with Crippen molar-refractivity contribution in [3.8, 4) is 0 Å². The van der Waals surface area contributed by atoms with Crippen molar-refractivity contribution in [1.82, 2.24) is 0 Å². The van der Waals surface area contributed by atoms with Crippen molar-refractivity contribution in [3.05, 3.63) is 205 Å². The Labute approximate surface area is 274 Å². The van der Waals surface area contributed by atoms with E-state index in [1.807, 2.05) is 0 Å². The maximum absolute atomic E-state index is 2.47. The van der Waals surface area contributed by atoms with Gasteiger partial charge in [-0.1, -0.05) is 194 Å². The molecule has 2 heteroatoms. The average Bonchev–Trinajstić information content (AvgIpc) is 3.13. The molecule has 0 heterocycles. The molecule has 0 fully saturated rings. The predicted octanol–water partition coefficient (Wildman–Crippen LogP) is 9.39. The van der Waals surface area contributed by atoms with Crippen molar-refractivity contribution in [2.75, 3.05) is 0 Å². The molecule has 0 nitrogen and oxygen atoms in total. The van der Waals surface area contributed by atoms with E-state index in [4.69, 9.17) is 0 Å². The van der Waals surface area contributed by atoms with Crippen molar-refractivity contribution in [2.24, 2.45) is 0 Å². The van der Waals surface area contributed by atoms with Crippen LogP contribution < -0.4 is 26.5 Å². The fourth-order valence-electron chi connectivity index (χ4n) is 7.25. The summed E-state index contributed by atoms with van der Waals surface area (Å²) in [5, 5.41) is 9.31. The van der Waals surface area contributed by atoms with Crippen LogP contribution in [0.5, 0.6) is 0 Å². The van der Waals surface area contributed by atoms with Gasteiger partial charge >= 0.3 is 0 Å². The lowest BCUT2D eigenvalue weighted by molar-refractivity contribution is 0.748. The lowest BCUT2D eigenvalue weighted by atomic mass is 9.79. The highest BCUT2D eigenvalue weighted by atomic mass is 31.1. The van der Waals surface area contributed by atoms with E-state index in [-0.39, 0.29) is 5.16 Å². The average molecular weight is 625 g/mol. The summed E-state index contributed by atoms with van der Waals surface area (Å²) in [6, 6.07) is 68.1. The molecule has 7 aromatic carbocycles. The Morgan fingerprint density at radius 1 is 0.435 bits per heavy atom. The van der Waals surface area contributed by atoms with Crippen LogP contribution in [0.4, 0.5) is 0 Å². The first kappa shape index (κ1) is 28.8. The van der Waals surface area contributed by atoms with Crippen LogP contribution in [0.2, 0.25) is 0 Å². The Balaban J connectivity index is 1.56. The molecule has 46 heavy (non-hydrogen) atoms. The fraction of sp³-hybridized carbons (Fsp3) is 0.0455. The van der Waals surface area contributed by atoms with Gasteiger partial charge in [0.1, 0.15) is 0 Å². The van der Waals surface area contributed by atoms with Crippen molar-refractivity contribution >= 4 is 59.2 Å². The van der Waals surface area contributed by atoms with E-state index in [0.717, 1.165) is 6.42 Å². The molecule has 0 radical (unpaired) electrons. The number of rotatable bonds is 7. The third kappa shape index (κ3) is 5.04. The summed E-state index contributed by atoms with van der Waals surface area (Å²) in [5.74, 6) is 0. The van der Waals surface area contributed by atoms with Crippen LogP contribution in [-0.4, -0.2) is 0 Å². The van der Waals surface area contributed by atoms with Gasteiger partial charge in [-0.3, -0.25) is 0 Å². The standard InChI is InChI=1S/C44H34P2/c1-5-21-36(22-6-1)45(37-23-7-2-8-24-37)42-32-31-34-18-13-15-29-40(34)43(42)44(33-17-20-35-19-14-16-30-41(35)44)46(38-25-9-3-10-26-38)39-27-11-4-12-28-39/h1-32H,33H2. The SMILES string of the molecule is C1=Cc2ccccc2C(c2c(P(c3ccccc3)c3ccccc3)ccc3ccccc23)(P(c2ccccc2)c2ccccc2)C1. The van der Waals surface area contributed by atoms with Gasteiger partial charge in [-0.05, 0) is 76.2 Å². The van der Waals surface area contributed by atoms with Gasteiger partial charge in [-0.15, -0.1) is 0 Å². The van der Waals surface area contributed by atoms with Crippen LogP contribution in [-0.2, 0) is 5.16 Å². The first-order valence-corrected chi connectivity index (χ1v) is 18.6. The summed E-state index contributed by atoms with van der Waals surface area (Å²) in [6.07, 6.45) is 5.72. The maximum Gasteiger partial charge on any atom is 0.0535 e. The summed E-state index contributed by atoms with van der Waals surface area (Å²) >= 11 is 0. The zero-order valence-electron chi connectivity index (χ0n) is 25.6. The van der Waals surface area contributed by atoms with E-state index in [9.17, 15) is 0 Å². The molecule has 0 amide bonds. The third-order valence-corrected chi connectivity index (χ3v) is 14.6. The Bertz CT molecular complexity index is 2040. The molecular weight excluding hydrogens is 590 g/mol. The van der Waals surface area contributed by atoms with Gasteiger partial charge in [0.25, 0.3) is 0 Å². The molecule has 0 spiro atoms. The molecular formula is C44H34P2. The summed E-state index contributed by atoms with van der Waals surface area (Å²) in [7, 11) is -1.77. The summed E-state index contributed by atoms with van der Waals surface area (Å²) < 4.78 is 0. The summed E-state index contributed by atoms with van der Waals surface area (Å²) in [6.45, 7) is 0. The number of hydrogen-bond donors (Lipinski definition) is 0. The minimum Gasteiger partial charge on any atom is -0.0823 e. The molecule has 1 atom stereocenters. The van der Waals surface area contributed by atoms with Crippen molar-refractivity contribution < 1.29 is 0 Å². The maximum atomic E-state index is 2.47. The minimum absolute atomic E-state index is 0.316. The second-order valence-corrected chi connectivity index (χ2v) is 16.4. The molecule has 0 saturated carbocycles. The zero-order valence-corrected chi connectivity index (χ0v) is 27.4. The molecule has 0 aliphatic heterocycles. The van der Waals surface area contributed by atoms with Crippen LogP contribution in [0.3, 0.4) is 0 Å². The van der Waals surface area contributed by atoms with Crippen LogP contribution in [0.1, 0.15) is 23.1 Å². The van der Waals surface area contributed by atoms with Crippen molar-refractivity contribution in [2.45, 2.75) is 11.6 Å². The first-order chi connectivity index (χ1) is 22.8. The molecule has 8 rings (SSSR count). The zero-order chi connectivity index (χ0) is 30.8. The van der Waals surface area contributed by atoms with Gasteiger partial charge in [0, 0.05) is 0 Å². The van der Waals surface area contributed by atoms with Crippen molar-refractivity contribution in [1.29, 1.82) is 0 Å². The summed E-state index contributed by atoms with van der Waals surface area (Å²) in [5.41, 5.74) is 4.21. The molecule has 0 saturated heterocycles. The molecule has 1 unspecified atom stereocenters. The molecule has 1 aliphatic rings. The van der Waals surface area contributed by atoms with E-state index >= 15 is 0 Å². The Morgan fingerprint density at radius 2 is 0.935 bits per heavy atom. The van der Waals surface area contributed by atoms with Crippen LogP contribution in [0.15, 0.2) is 188 Å². The topological polar surface area (TPSA) is 0 Å². The highest BCUT2D eigenvalue weighted by Gasteiger charge is 2.48. The van der Waals surface area contributed by atoms with Crippen LogP contribution in [0.25, 0.3) is 16.8 Å². The highest BCUT2D eigenvalue weighted by Crippen LogP contribution is 2.64. The highest BCUT2D eigenvalue weighted by molar-refractivity contribution is 7.80. The van der Waals surface area contributed by atoms with Crippen LogP contribution >= 0.6 is 15.8 Å². The normalized spacial score (nSPS) is 15.7. The Morgan fingerprint density at radius 3 is 1.54 bits per heavy atom. The molecule has 220 valence electrons. The van der Waals surface area contributed by atoms with Crippen molar-refractivity contribution in [3.63, 3.8) is 0 Å². The van der Waals surface area contributed by atoms with Gasteiger partial charge in [0.15, 0.2) is 0 Å². The molecule has 0 N–H and O–H groups in total. The lowest BCUT2D eigenvalue weighted by Gasteiger charge is -2.47. The van der Waals surface area contributed by atoms with Gasteiger partial charge in [-0.2, -0.15) is 0 Å². The van der Waals surface area contributed by atoms with Crippen LogP contribution in [0, 0.1) is 0 Å². The third-order valence-electron chi connectivity index (χ3n) is 9.12.